The van der Waals surface area contributed by atoms with Gasteiger partial charge in [-0.05, 0) is 37.8 Å². The van der Waals surface area contributed by atoms with Crippen molar-refractivity contribution in [2.24, 2.45) is 0 Å². The van der Waals surface area contributed by atoms with E-state index in [1.54, 1.807) is 6.92 Å². The molecule has 0 saturated heterocycles. The maximum atomic E-state index is 13.5. The fourth-order valence-electron chi connectivity index (χ4n) is 3.80. The van der Waals surface area contributed by atoms with Crippen LogP contribution in [0.3, 0.4) is 0 Å². The van der Waals surface area contributed by atoms with Crippen LogP contribution in [0.1, 0.15) is 42.4 Å². The number of Topliss-reactive ketones (excluding diaryl/α,β-unsaturated/α-hetero) is 1. The Morgan fingerprint density at radius 1 is 1.11 bits per heavy atom. The van der Waals surface area contributed by atoms with Crippen molar-refractivity contribution in [2.45, 2.75) is 36.9 Å². The topological polar surface area (TPSA) is 96.3 Å². The minimum atomic E-state index is -0.778. The van der Waals surface area contributed by atoms with Crippen LogP contribution >= 0.6 is 45.8 Å². The molecule has 1 aliphatic heterocycles. The van der Waals surface area contributed by atoms with E-state index in [9.17, 15) is 14.7 Å². The first-order chi connectivity index (χ1) is 16.8. The summed E-state index contributed by atoms with van der Waals surface area (Å²) < 4.78 is 0.700. The van der Waals surface area contributed by atoms with E-state index in [-0.39, 0.29) is 5.57 Å². The van der Waals surface area contributed by atoms with Gasteiger partial charge in [-0.25, -0.2) is 4.98 Å². The number of aliphatic hydroxyl groups excluding tert-OH is 1. The number of aliphatic hydroxyl groups is 1. The first-order valence-electron chi connectivity index (χ1n) is 10.6. The van der Waals surface area contributed by atoms with Crippen molar-refractivity contribution in [1.82, 2.24) is 15.2 Å². The van der Waals surface area contributed by atoms with Crippen molar-refractivity contribution in [2.75, 3.05) is 4.90 Å². The van der Waals surface area contributed by atoms with Crippen LogP contribution in [0.25, 0.3) is 0 Å². The highest BCUT2D eigenvalue weighted by Gasteiger charge is 2.47. The standard InChI is InChI=1S/C24H20N4O3S4/c1-12-6-8-15(9-7-12)11-33-24-27-26-23(35-24)28-18(16-5-4-10-32-16)17(20(30)22(28)31)19(29)21-13(2)25-14(3)34-21/h4-10,18,30H,11H2,1-3H3. The summed E-state index contributed by atoms with van der Waals surface area (Å²) in [7, 11) is 0. The molecule has 1 aromatic carbocycles. The van der Waals surface area contributed by atoms with E-state index in [0.717, 1.165) is 15.4 Å². The van der Waals surface area contributed by atoms with Gasteiger partial charge in [0.1, 0.15) is 6.04 Å². The number of hydrogen-bond donors (Lipinski definition) is 1. The van der Waals surface area contributed by atoms with E-state index in [1.165, 1.54) is 56.2 Å². The first-order valence-corrected chi connectivity index (χ1v) is 14.1. The molecule has 1 N–H and O–H groups in total. The van der Waals surface area contributed by atoms with Crippen LogP contribution in [-0.2, 0) is 10.5 Å². The van der Waals surface area contributed by atoms with Gasteiger partial charge in [0.2, 0.25) is 10.9 Å². The van der Waals surface area contributed by atoms with Gasteiger partial charge in [-0.3, -0.25) is 14.5 Å². The van der Waals surface area contributed by atoms with Gasteiger partial charge in [0.05, 0.1) is 21.2 Å². The number of anilines is 1. The number of nitrogens with zero attached hydrogens (tertiary/aromatic N) is 4. The van der Waals surface area contributed by atoms with E-state index in [4.69, 9.17) is 0 Å². The van der Waals surface area contributed by atoms with Crippen LogP contribution in [0.15, 0.2) is 57.5 Å². The first kappa shape index (κ1) is 23.9. The Labute approximate surface area is 218 Å². The Hall–Kier alpha value is -2.86. The summed E-state index contributed by atoms with van der Waals surface area (Å²) in [5, 5.41) is 22.4. The predicted molar refractivity (Wildman–Crippen MR) is 141 cm³/mol. The Kier molecular flexibility index (Phi) is 6.58. The number of amides is 1. The second-order valence-corrected chi connectivity index (χ2v) is 12.3. The average molecular weight is 541 g/mol. The van der Waals surface area contributed by atoms with Crippen molar-refractivity contribution in [3.8, 4) is 0 Å². The second-order valence-electron chi connectivity index (χ2n) is 7.96. The molecule has 1 atom stereocenters. The van der Waals surface area contributed by atoms with Crippen LogP contribution in [0.2, 0.25) is 0 Å². The van der Waals surface area contributed by atoms with Crippen molar-refractivity contribution < 1.29 is 14.7 Å². The quantitative estimate of drug-likeness (QED) is 0.173. The molecule has 1 amide bonds. The van der Waals surface area contributed by atoms with Gasteiger partial charge in [0, 0.05) is 10.6 Å². The highest BCUT2D eigenvalue weighted by atomic mass is 32.2. The maximum absolute atomic E-state index is 13.5. The Balaban J connectivity index is 1.46. The number of thiophene rings is 1. The summed E-state index contributed by atoms with van der Waals surface area (Å²) in [6, 6.07) is 11.2. The lowest BCUT2D eigenvalue weighted by atomic mass is 10.0. The number of aromatic nitrogens is 3. The lowest BCUT2D eigenvalue weighted by molar-refractivity contribution is -0.117. The Bertz CT molecular complexity index is 1440. The molecule has 7 nitrogen and oxygen atoms in total. The molecule has 0 aliphatic carbocycles. The summed E-state index contributed by atoms with van der Waals surface area (Å²) in [6.07, 6.45) is 0. The molecule has 0 fully saturated rings. The zero-order chi connectivity index (χ0) is 24.7. The van der Waals surface area contributed by atoms with Gasteiger partial charge < -0.3 is 5.11 Å². The van der Waals surface area contributed by atoms with Crippen molar-refractivity contribution in [1.29, 1.82) is 0 Å². The van der Waals surface area contributed by atoms with Crippen molar-refractivity contribution in [3.05, 3.63) is 84.7 Å². The SMILES string of the molecule is Cc1ccc(CSc2nnc(N3C(=O)C(O)=C(C(=O)c4sc(C)nc4C)C3c3cccs3)s2)cc1. The highest BCUT2D eigenvalue weighted by Crippen LogP contribution is 2.45. The van der Waals surface area contributed by atoms with Gasteiger partial charge in [-0.15, -0.1) is 32.9 Å². The van der Waals surface area contributed by atoms with Gasteiger partial charge >= 0.3 is 0 Å². The van der Waals surface area contributed by atoms with E-state index in [0.29, 0.717) is 25.8 Å². The van der Waals surface area contributed by atoms with E-state index >= 15 is 0 Å². The average Bonchev–Trinajstić information content (AvgIpc) is 3.62. The van der Waals surface area contributed by atoms with Gasteiger partial charge in [-0.2, -0.15) is 0 Å². The molecule has 11 heteroatoms. The maximum Gasteiger partial charge on any atom is 0.296 e. The smallest absolute Gasteiger partial charge is 0.296 e. The van der Waals surface area contributed by atoms with Crippen molar-refractivity contribution in [3.63, 3.8) is 0 Å². The number of carbonyl (C=O) groups is 2. The molecule has 4 aromatic rings. The number of carbonyl (C=O) groups excluding carboxylic acids is 2. The fraction of sp³-hybridized carbons (Fsp3) is 0.208. The molecule has 4 heterocycles. The van der Waals surface area contributed by atoms with Crippen LogP contribution in [0.5, 0.6) is 0 Å². The molecule has 3 aromatic heterocycles. The van der Waals surface area contributed by atoms with Gasteiger partial charge in [0.25, 0.3) is 5.91 Å². The van der Waals surface area contributed by atoms with E-state index in [2.05, 4.69) is 39.4 Å². The summed E-state index contributed by atoms with van der Waals surface area (Å²) >= 11 is 5.46. The number of ketones is 1. The van der Waals surface area contributed by atoms with Crippen LogP contribution < -0.4 is 4.90 Å². The summed E-state index contributed by atoms with van der Waals surface area (Å²) in [4.78, 5) is 33.7. The molecule has 1 aliphatic rings. The number of hydrogen-bond acceptors (Lipinski definition) is 10. The predicted octanol–water partition coefficient (Wildman–Crippen LogP) is 6.06. The third-order valence-corrected chi connectivity index (χ3v) is 9.58. The zero-order valence-electron chi connectivity index (χ0n) is 19.0. The summed E-state index contributed by atoms with van der Waals surface area (Å²) in [5.74, 6) is -0.882. The molecule has 1 unspecified atom stereocenters. The van der Waals surface area contributed by atoms with Crippen LogP contribution in [0.4, 0.5) is 5.13 Å². The summed E-state index contributed by atoms with van der Waals surface area (Å²) in [5.41, 5.74) is 2.99. The van der Waals surface area contributed by atoms with Crippen LogP contribution in [-0.4, -0.2) is 32.0 Å². The summed E-state index contributed by atoms with van der Waals surface area (Å²) in [6.45, 7) is 5.62. The van der Waals surface area contributed by atoms with Gasteiger partial charge in [0.15, 0.2) is 10.1 Å². The molecule has 0 spiro atoms. The van der Waals surface area contributed by atoms with E-state index < -0.39 is 23.5 Å². The molecule has 0 radical (unpaired) electrons. The van der Waals surface area contributed by atoms with Gasteiger partial charge in [-0.1, -0.05) is 59.0 Å². The molecule has 0 saturated carbocycles. The number of benzene rings is 1. The molecule has 0 bridgehead atoms. The molecular weight excluding hydrogens is 521 g/mol. The van der Waals surface area contributed by atoms with Crippen molar-refractivity contribution >= 4 is 62.6 Å². The molecule has 178 valence electrons. The lowest BCUT2D eigenvalue weighted by Crippen LogP contribution is -2.30. The number of thiazole rings is 1. The third-order valence-electron chi connectivity index (χ3n) is 5.46. The minimum absolute atomic E-state index is 0.0493. The Morgan fingerprint density at radius 2 is 1.89 bits per heavy atom. The van der Waals surface area contributed by atoms with E-state index in [1.807, 2.05) is 31.4 Å². The fourth-order valence-corrected chi connectivity index (χ4v) is 7.32. The number of thioether (sulfide) groups is 1. The normalized spacial score (nSPS) is 15.9. The lowest BCUT2D eigenvalue weighted by Gasteiger charge is -2.22. The molecular formula is C24H20N4O3S4. The largest absolute Gasteiger partial charge is 0.503 e. The Morgan fingerprint density at radius 3 is 2.54 bits per heavy atom. The molecule has 35 heavy (non-hydrogen) atoms. The number of rotatable bonds is 7. The number of aryl methyl sites for hydroxylation is 3. The molecule has 5 rings (SSSR count). The minimum Gasteiger partial charge on any atom is -0.503 e. The highest BCUT2D eigenvalue weighted by molar-refractivity contribution is 8.00. The van der Waals surface area contributed by atoms with Crippen LogP contribution in [0, 0.1) is 20.8 Å². The second kappa shape index (κ2) is 9.65. The third kappa shape index (κ3) is 4.56. The monoisotopic (exact) mass is 540 g/mol. The zero-order valence-corrected chi connectivity index (χ0v) is 22.3.